The van der Waals surface area contributed by atoms with Gasteiger partial charge < -0.3 is 15.0 Å². The summed E-state index contributed by atoms with van der Waals surface area (Å²) in [5.41, 5.74) is 1.95. The normalized spacial score (nSPS) is 15.0. The molecule has 26 heavy (non-hydrogen) atoms. The third-order valence-corrected chi connectivity index (χ3v) is 3.98. The lowest BCUT2D eigenvalue weighted by Gasteiger charge is -2.27. The van der Waals surface area contributed by atoms with Gasteiger partial charge in [0.15, 0.2) is 6.61 Å². The van der Waals surface area contributed by atoms with E-state index < -0.39 is 12.8 Å². The first-order valence-corrected chi connectivity index (χ1v) is 8.17. The highest BCUT2D eigenvalue weighted by molar-refractivity contribution is 5.95. The van der Waals surface area contributed by atoms with E-state index in [9.17, 15) is 18.0 Å². The van der Waals surface area contributed by atoms with Crippen molar-refractivity contribution < 1.29 is 22.7 Å². The number of aromatic nitrogens is 1. The van der Waals surface area contributed by atoms with E-state index in [1.165, 1.54) is 18.3 Å². The fraction of sp³-hybridized carbons (Fsp3) is 0.333. The van der Waals surface area contributed by atoms with Crippen LogP contribution in [0, 0.1) is 0 Å². The number of nitrogens with zero attached hydrogens (tertiary/aromatic N) is 2. The number of pyridine rings is 1. The molecule has 1 aromatic carbocycles. The van der Waals surface area contributed by atoms with Gasteiger partial charge in [0.25, 0.3) is 5.91 Å². The van der Waals surface area contributed by atoms with Crippen molar-refractivity contribution in [2.45, 2.75) is 6.18 Å². The molecular formula is C18H18F3N3O2. The van der Waals surface area contributed by atoms with Crippen molar-refractivity contribution in [2.24, 2.45) is 0 Å². The summed E-state index contributed by atoms with van der Waals surface area (Å²) in [6, 6.07) is 7.95. The Kier molecular flexibility index (Phi) is 5.41. The predicted octanol–water partition coefficient (Wildman–Crippen LogP) is 2.74. The van der Waals surface area contributed by atoms with Crippen molar-refractivity contribution in [2.75, 3.05) is 32.8 Å². The maximum Gasteiger partial charge on any atom is 0.422 e. The van der Waals surface area contributed by atoms with E-state index in [-0.39, 0.29) is 11.7 Å². The predicted molar refractivity (Wildman–Crippen MR) is 90.0 cm³/mol. The molecule has 1 aliphatic rings. The van der Waals surface area contributed by atoms with E-state index in [0.717, 1.165) is 18.7 Å². The summed E-state index contributed by atoms with van der Waals surface area (Å²) in [6.45, 7) is 1.49. The standard InChI is InChI=1S/C18H18F3N3O2/c19-18(20,21)12-26-16-3-1-13(2-4-16)14-9-15(11-23-10-14)17(25)24-7-5-22-6-8-24/h1-4,9-11,22H,5-8,12H2. The van der Waals surface area contributed by atoms with Crippen LogP contribution < -0.4 is 10.1 Å². The molecule has 8 heteroatoms. The Balaban J connectivity index is 1.72. The summed E-state index contributed by atoms with van der Waals surface area (Å²) in [6.07, 6.45) is -1.24. The molecule has 0 unspecified atom stereocenters. The van der Waals surface area contributed by atoms with Gasteiger partial charge in [0.2, 0.25) is 0 Å². The zero-order valence-corrected chi connectivity index (χ0v) is 13.9. The van der Waals surface area contributed by atoms with E-state index in [0.29, 0.717) is 24.2 Å². The van der Waals surface area contributed by atoms with Crippen LogP contribution in [0.1, 0.15) is 10.4 Å². The molecule has 1 fully saturated rings. The van der Waals surface area contributed by atoms with Gasteiger partial charge in [-0.1, -0.05) is 12.1 Å². The quantitative estimate of drug-likeness (QED) is 0.905. The van der Waals surface area contributed by atoms with Gasteiger partial charge in [-0.2, -0.15) is 13.2 Å². The van der Waals surface area contributed by atoms with E-state index in [1.54, 1.807) is 29.3 Å². The summed E-state index contributed by atoms with van der Waals surface area (Å²) in [4.78, 5) is 18.4. The van der Waals surface area contributed by atoms with Crippen molar-refractivity contribution in [3.8, 4) is 16.9 Å². The van der Waals surface area contributed by atoms with E-state index in [2.05, 4.69) is 10.3 Å². The van der Waals surface area contributed by atoms with E-state index in [4.69, 9.17) is 4.74 Å². The zero-order valence-electron chi connectivity index (χ0n) is 13.9. The molecule has 1 amide bonds. The van der Waals surface area contributed by atoms with Gasteiger partial charge in [-0.05, 0) is 23.8 Å². The second kappa shape index (κ2) is 7.74. The summed E-state index contributed by atoms with van der Waals surface area (Å²) in [5.74, 6) is 0.0538. The molecule has 2 aromatic rings. The molecular weight excluding hydrogens is 347 g/mol. The molecule has 5 nitrogen and oxygen atoms in total. The number of carbonyl (C=O) groups excluding carboxylic acids is 1. The first kappa shape index (κ1) is 18.2. The number of amides is 1. The Morgan fingerprint density at radius 2 is 1.81 bits per heavy atom. The minimum atomic E-state index is -4.37. The van der Waals surface area contributed by atoms with Gasteiger partial charge in [-0.25, -0.2) is 0 Å². The Labute approximate surface area is 148 Å². The number of rotatable bonds is 4. The fourth-order valence-corrected chi connectivity index (χ4v) is 2.67. The topological polar surface area (TPSA) is 54.5 Å². The first-order valence-electron chi connectivity index (χ1n) is 8.17. The van der Waals surface area contributed by atoms with Crippen molar-refractivity contribution in [3.05, 3.63) is 48.3 Å². The first-order chi connectivity index (χ1) is 12.4. The molecule has 1 aromatic heterocycles. The van der Waals surface area contributed by atoms with Crippen LogP contribution in [-0.2, 0) is 0 Å². The van der Waals surface area contributed by atoms with Gasteiger partial charge in [-0.3, -0.25) is 9.78 Å². The number of hydrogen-bond donors (Lipinski definition) is 1. The van der Waals surface area contributed by atoms with Crippen LogP contribution in [-0.4, -0.2) is 54.8 Å². The summed E-state index contributed by atoms with van der Waals surface area (Å²) in [5, 5.41) is 3.19. The van der Waals surface area contributed by atoms with Gasteiger partial charge in [0, 0.05) is 44.1 Å². The van der Waals surface area contributed by atoms with Crippen LogP contribution >= 0.6 is 0 Å². The van der Waals surface area contributed by atoms with Crippen LogP contribution in [0.25, 0.3) is 11.1 Å². The monoisotopic (exact) mass is 365 g/mol. The maximum atomic E-state index is 12.5. The van der Waals surface area contributed by atoms with E-state index in [1.807, 2.05) is 0 Å². The molecule has 0 atom stereocenters. The molecule has 0 aliphatic carbocycles. The summed E-state index contributed by atoms with van der Waals surface area (Å²) >= 11 is 0. The van der Waals surface area contributed by atoms with Gasteiger partial charge in [0.05, 0.1) is 5.56 Å². The molecule has 0 radical (unpaired) electrons. The molecule has 3 rings (SSSR count). The molecule has 2 heterocycles. The van der Waals surface area contributed by atoms with Crippen LogP contribution in [0.2, 0.25) is 0 Å². The molecule has 1 saturated heterocycles. The van der Waals surface area contributed by atoms with Crippen LogP contribution in [0.15, 0.2) is 42.7 Å². The van der Waals surface area contributed by atoms with Crippen LogP contribution in [0.5, 0.6) is 5.75 Å². The number of alkyl halides is 3. The number of nitrogens with one attached hydrogen (secondary N) is 1. The number of halogens is 3. The minimum Gasteiger partial charge on any atom is -0.484 e. The Hall–Kier alpha value is -2.61. The molecule has 1 aliphatic heterocycles. The van der Waals surface area contributed by atoms with Crippen LogP contribution in [0.4, 0.5) is 13.2 Å². The van der Waals surface area contributed by atoms with Crippen molar-refractivity contribution >= 4 is 5.91 Å². The average Bonchev–Trinajstić information content (AvgIpc) is 2.66. The smallest absolute Gasteiger partial charge is 0.422 e. The second-order valence-electron chi connectivity index (χ2n) is 5.93. The highest BCUT2D eigenvalue weighted by Gasteiger charge is 2.28. The lowest BCUT2D eigenvalue weighted by Crippen LogP contribution is -2.46. The average molecular weight is 365 g/mol. The Bertz CT molecular complexity index is 757. The highest BCUT2D eigenvalue weighted by atomic mass is 19.4. The fourth-order valence-electron chi connectivity index (χ4n) is 2.67. The molecule has 0 spiro atoms. The molecule has 0 bridgehead atoms. The molecule has 138 valence electrons. The third kappa shape index (κ3) is 4.72. The van der Waals surface area contributed by atoms with E-state index >= 15 is 0 Å². The maximum absolute atomic E-state index is 12.5. The lowest BCUT2D eigenvalue weighted by molar-refractivity contribution is -0.153. The summed E-state index contributed by atoms with van der Waals surface area (Å²) in [7, 11) is 0. The number of carbonyl (C=O) groups is 1. The third-order valence-electron chi connectivity index (χ3n) is 3.98. The SMILES string of the molecule is O=C(c1cncc(-c2ccc(OCC(F)(F)F)cc2)c1)N1CCNCC1. The van der Waals surface area contributed by atoms with Crippen molar-refractivity contribution in [1.82, 2.24) is 15.2 Å². The number of benzene rings is 1. The molecule has 1 N–H and O–H groups in total. The highest BCUT2D eigenvalue weighted by Crippen LogP contribution is 2.24. The largest absolute Gasteiger partial charge is 0.484 e. The van der Waals surface area contributed by atoms with Gasteiger partial charge >= 0.3 is 6.18 Å². The number of ether oxygens (including phenoxy) is 1. The van der Waals surface area contributed by atoms with Crippen molar-refractivity contribution in [1.29, 1.82) is 0 Å². The second-order valence-corrected chi connectivity index (χ2v) is 5.93. The summed E-state index contributed by atoms with van der Waals surface area (Å²) < 4.78 is 41.3. The van der Waals surface area contributed by atoms with Gasteiger partial charge in [-0.15, -0.1) is 0 Å². The van der Waals surface area contributed by atoms with Gasteiger partial charge in [0.1, 0.15) is 5.75 Å². The number of hydrogen-bond acceptors (Lipinski definition) is 4. The lowest BCUT2D eigenvalue weighted by atomic mass is 10.1. The van der Waals surface area contributed by atoms with Crippen molar-refractivity contribution in [3.63, 3.8) is 0 Å². The Morgan fingerprint density at radius 3 is 2.46 bits per heavy atom. The Morgan fingerprint density at radius 1 is 1.12 bits per heavy atom. The minimum absolute atomic E-state index is 0.0778. The zero-order chi connectivity index (χ0) is 18.6. The number of piperazine rings is 1. The van der Waals surface area contributed by atoms with Crippen LogP contribution in [0.3, 0.4) is 0 Å². The molecule has 0 saturated carbocycles.